The minimum atomic E-state index is -1.02. The highest BCUT2D eigenvalue weighted by Gasteiger charge is 2.55. The number of methoxy groups -OCH3 is 1. The second kappa shape index (κ2) is 8.65. The molecular formula is C26H28ClNO5. The highest BCUT2D eigenvalue weighted by atomic mass is 35.5. The molecule has 174 valence electrons. The number of nitrogens with zero attached hydrogens (tertiary/aromatic N) is 1. The van der Waals surface area contributed by atoms with E-state index in [1.807, 2.05) is 17.0 Å². The van der Waals surface area contributed by atoms with Crippen molar-refractivity contribution < 1.29 is 24.2 Å². The Morgan fingerprint density at radius 1 is 1.18 bits per heavy atom. The number of carboxylic acid groups (broad SMARTS) is 1. The summed E-state index contributed by atoms with van der Waals surface area (Å²) in [5.74, 6) is -0.00475. The normalized spacial score (nSPS) is 23.5. The summed E-state index contributed by atoms with van der Waals surface area (Å²) in [6.07, 6.45) is 4.80. The Bertz CT molecular complexity index is 1070. The first-order valence-electron chi connectivity index (χ1n) is 11.5. The van der Waals surface area contributed by atoms with Crippen LogP contribution in [0.5, 0.6) is 5.75 Å². The van der Waals surface area contributed by atoms with Crippen molar-refractivity contribution in [2.24, 2.45) is 5.41 Å². The molecule has 0 aromatic heterocycles. The van der Waals surface area contributed by atoms with Crippen LogP contribution in [0.15, 0.2) is 36.4 Å². The number of hydrogen-bond acceptors (Lipinski definition) is 4. The van der Waals surface area contributed by atoms with Gasteiger partial charge < -0.3 is 19.5 Å². The van der Waals surface area contributed by atoms with Crippen LogP contribution in [-0.2, 0) is 9.53 Å². The van der Waals surface area contributed by atoms with E-state index in [4.69, 9.17) is 21.1 Å². The molecule has 2 saturated heterocycles. The van der Waals surface area contributed by atoms with Crippen LogP contribution in [0, 0.1) is 5.41 Å². The van der Waals surface area contributed by atoms with Crippen molar-refractivity contribution in [1.29, 1.82) is 0 Å². The Hall–Kier alpha value is -2.57. The van der Waals surface area contributed by atoms with Crippen LogP contribution in [-0.4, -0.2) is 54.8 Å². The third kappa shape index (κ3) is 4.11. The molecule has 2 heterocycles. The molecule has 1 unspecified atom stereocenters. The van der Waals surface area contributed by atoms with Gasteiger partial charge in [-0.1, -0.05) is 35.9 Å². The minimum absolute atomic E-state index is 0.140. The number of likely N-dealkylation sites (tertiary alicyclic amines) is 1. The molecule has 1 saturated carbocycles. The summed E-state index contributed by atoms with van der Waals surface area (Å²) < 4.78 is 10.8. The molecule has 0 radical (unpaired) electrons. The first-order chi connectivity index (χ1) is 15.9. The largest absolute Gasteiger partial charge is 0.495 e. The molecule has 2 aromatic rings. The lowest BCUT2D eigenvalue weighted by Gasteiger charge is -2.34. The Labute approximate surface area is 198 Å². The second-order valence-corrected chi connectivity index (χ2v) is 9.79. The van der Waals surface area contributed by atoms with Gasteiger partial charge in [-0.2, -0.15) is 0 Å². The number of benzene rings is 2. The van der Waals surface area contributed by atoms with E-state index in [-0.39, 0.29) is 17.6 Å². The molecule has 7 heteroatoms. The van der Waals surface area contributed by atoms with Gasteiger partial charge in [0.1, 0.15) is 11.9 Å². The van der Waals surface area contributed by atoms with E-state index in [1.165, 1.54) is 18.7 Å². The van der Waals surface area contributed by atoms with Crippen LogP contribution in [0.1, 0.15) is 53.9 Å². The Kier molecular flexibility index (Phi) is 5.83. The predicted octanol–water partition coefficient (Wildman–Crippen LogP) is 4.99. The fourth-order valence-electron chi connectivity index (χ4n) is 5.49. The fraction of sp³-hybridized carbons (Fsp3) is 0.462. The van der Waals surface area contributed by atoms with Crippen molar-refractivity contribution in [3.8, 4) is 16.9 Å². The van der Waals surface area contributed by atoms with Crippen LogP contribution in [0.25, 0.3) is 11.1 Å². The van der Waals surface area contributed by atoms with Gasteiger partial charge in [0, 0.05) is 25.3 Å². The zero-order chi connectivity index (χ0) is 23.2. The maximum Gasteiger partial charge on any atom is 0.335 e. The topological polar surface area (TPSA) is 76.1 Å². The first kappa shape index (κ1) is 22.2. The summed E-state index contributed by atoms with van der Waals surface area (Å²) in [6.45, 7) is 2.32. The number of rotatable bonds is 5. The van der Waals surface area contributed by atoms with Crippen molar-refractivity contribution in [1.82, 2.24) is 4.90 Å². The van der Waals surface area contributed by atoms with Crippen molar-refractivity contribution in [3.05, 3.63) is 52.5 Å². The lowest BCUT2D eigenvalue weighted by molar-refractivity contribution is -0.142. The molecule has 1 spiro atoms. The number of amides is 1. The zero-order valence-corrected chi connectivity index (χ0v) is 19.4. The minimum Gasteiger partial charge on any atom is -0.495 e. The molecule has 1 amide bonds. The monoisotopic (exact) mass is 469 g/mol. The van der Waals surface area contributed by atoms with Gasteiger partial charge in [-0.3, -0.25) is 4.79 Å². The lowest BCUT2D eigenvalue weighted by Crippen LogP contribution is -2.44. The van der Waals surface area contributed by atoms with E-state index in [0.717, 1.165) is 50.8 Å². The van der Waals surface area contributed by atoms with E-state index in [2.05, 4.69) is 12.1 Å². The molecule has 6 nitrogen and oxygen atoms in total. The van der Waals surface area contributed by atoms with Gasteiger partial charge in [0.15, 0.2) is 0 Å². The first-order valence-corrected chi connectivity index (χ1v) is 11.9. The van der Waals surface area contributed by atoms with E-state index in [9.17, 15) is 14.7 Å². The summed E-state index contributed by atoms with van der Waals surface area (Å²) in [7, 11) is 1.48. The lowest BCUT2D eigenvalue weighted by atomic mass is 9.88. The zero-order valence-electron chi connectivity index (χ0n) is 18.7. The van der Waals surface area contributed by atoms with Gasteiger partial charge in [-0.15, -0.1) is 0 Å². The quantitative estimate of drug-likeness (QED) is 0.667. The van der Waals surface area contributed by atoms with Crippen LogP contribution >= 0.6 is 11.6 Å². The molecule has 2 aliphatic heterocycles. The Morgan fingerprint density at radius 2 is 1.91 bits per heavy atom. The average molecular weight is 470 g/mol. The number of hydrogen-bond donors (Lipinski definition) is 1. The van der Waals surface area contributed by atoms with Crippen molar-refractivity contribution in [2.45, 2.75) is 44.1 Å². The van der Waals surface area contributed by atoms with Gasteiger partial charge in [0.2, 0.25) is 0 Å². The van der Waals surface area contributed by atoms with E-state index < -0.39 is 5.97 Å². The summed E-state index contributed by atoms with van der Waals surface area (Å²) in [5.41, 5.74) is 3.22. The smallest absolute Gasteiger partial charge is 0.335 e. The Morgan fingerprint density at radius 3 is 2.52 bits per heavy atom. The van der Waals surface area contributed by atoms with Crippen LogP contribution < -0.4 is 4.74 Å². The molecule has 2 aromatic carbocycles. The molecule has 5 rings (SSSR count). The number of ether oxygens (including phenoxy) is 2. The van der Waals surface area contributed by atoms with Gasteiger partial charge in [0.05, 0.1) is 17.7 Å². The fourth-order valence-corrected chi connectivity index (χ4v) is 5.79. The summed E-state index contributed by atoms with van der Waals surface area (Å²) >= 11 is 6.48. The molecule has 1 N–H and O–H groups in total. The molecular weight excluding hydrogens is 442 g/mol. The van der Waals surface area contributed by atoms with Crippen molar-refractivity contribution >= 4 is 23.5 Å². The molecule has 3 aliphatic rings. The number of aromatic carboxylic acids is 1. The highest BCUT2D eigenvalue weighted by Crippen LogP contribution is 2.65. The number of carbonyl (C=O) groups excluding carboxylic acids is 1. The van der Waals surface area contributed by atoms with Gasteiger partial charge in [-0.25, -0.2) is 4.79 Å². The molecule has 0 bridgehead atoms. The summed E-state index contributed by atoms with van der Waals surface area (Å²) in [4.78, 5) is 26.1. The molecule has 3 fully saturated rings. The third-order valence-corrected chi connectivity index (χ3v) is 7.99. The SMILES string of the molecule is COc1cc(C(=O)O)cc(-c2ccc(C3CC34CCN(C(=O)[C@H]3CCCO3)CC4)cc2)c1Cl. The van der Waals surface area contributed by atoms with Gasteiger partial charge in [0.25, 0.3) is 5.91 Å². The van der Waals surface area contributed by atoms with Crippen LogP contribution in [0.3, 0.4) is 0 Å². The van der Waals surface area contributed by atoms with Crippen molar-refractivity contribution in [3.63, 3.8) is 0 Å². The predicted molar refractivity (Wildman–Crippen MR) is 125 cm³/mol. The van der Waals surface area contributed by atoms with Gasteiger partial charge in [-0.05, 0) is 66.7 Å². The van der Waals surface area contributed by atoms with E-state index in [0.29, 0.717) is 34.3 Å². The number of carbonyl (C=O) groups is 2. The standard InChI is InChI=1S/C26H28ClNO5/c1-32-22-14-18(25(30)31)13-19(23(22)27)16-4-6-17(7-5-16)20-15-26(20)8-10-28(11-9-26)24(29)21-3-2-12-33-21/h4-7,13-14,20-21H,2-3,8-12,15H2,1H3,(H,30,31)/t20?,21-/m1/s1. The average Bonchev–Trinajstić information content (AvgIpc) is 3.25. The second-order valence-electron chi connectivity index (χ2n) is 9.41. The number of carboxylic acids is 1. The third-order valence-electron chi connectivity index (χ3n) is 7.60. The molecule has 33 heavy (non-hydrogen) atoms. The molecule has 2 atom stereocenters. The van der Waals surface area contributed by atoms with Crippen LogP contribution in [0.2, 0.25) is 5.02 Å². The number of halogens is 1. The highest BCUT2D eigenvalue weighted by molar-refractivity contribution is 6.35. The Balaban J connectivity index is 1.28. The number of piperidine rings is 1. The summed E-state index contributed by atoms with van der Waals surface area (Å²) in [5, 5.41) is 9.82. The van der Waals surface area contributed by atoms with E-state index in [1.54, 1.807) is 6.07 Å². The van der Waals surface area contributed by atoms with Crippen molar-refractivity contribution in [2.75, 3.05) is 26.8 Å². The summed E-state index contributed by atoms with van der Waals surface area (Å²) in [6, 6.07) is 11.3. The van der Waals surface area contributed by atoms with E-state index >= 15 is 0 Å². The maximum absolute atomic E-state index is 12.6. The maximum atomic E-state index is 12.6. The van der Waals surface area contributed by atoms with Crippen LogP contribution in [0.4, 0.5) is 0 Å². The molecule has 1 aliphatic carbocycles. The van der Waals surface area contributed by atoms with Gasteiger partial charge >= 0.3 is 5.97 Å².